The molecule has 0 aliphatic heterocycles. The van der Waals surface area contributed by atoms with Gasteiger partial charge in [-0.05, 0) is 32.6 Å². The normalized spacial score (nSPS) is 15.4. The Morgan fingerprint density at radius 3 is 2.60 bits per heavy atom. The quantitative estimate of drug-likeness (QED) is 0.558. The fourth-order valence-corrected chi connectivity index (χ4v) is 0.759. The predicted molar refractivity (Wildman–Crippen MR) is 47.5 cm³/mol. The van der Waals surface area contributed by atoms with Gasteiger partial charge in [-0.15, -0.1) is 0 Å². The van der Waals surface area contributed by atoms with E-state index in [4.69, 9.17) is 0 Å². The van der Waals surface area contributed by atoms with E-state index in [1.54, 1.807) is 0 Å². The van der Waals surface area contributed by atoms with E-state index in [-0.39, 0.29) is 0 Å². The summed E-state index contributed by atoms with van der Waals surface area (Å²) >= 11 is 0. The van der Waals surface area contributed by atoms with E-state index in [9.17, 15) is 0 Å². The number of hydrogen-bond acceptors (Lipinski definition) is 0. The Hall–Kier alpha value is -0.260. The third-order valence-electron chi connectivity index (χ3n) is 1.65. The SMILES string of the molecule is [CH2]CC(C)CCC=C([CH2])C. The molecule has 0 heterocycles. The van der Waals surface area contributed by atoms with Crippen molar-refractivity contribution in [3.05, 3.63) is 25.5 Å². The molecule has 0 aromatic heterocycles. The highest BCUT2D eigenvalue weighted by Crippen LogP contribution is 2.09. The molecule has 0 N–H and O–H groups in total. The predicted octanol–water partition coefficient (Wildman–Crippen LogP) is 3.41. The van der Waals surface area contributed by atoms with Crippen molar-refractivity contribution in [1.29, 1.82) is 0 Å². The molecule has 2 radical (unpaired) electrons. The van der Waals surface area contributed by atoms with Gasteiger partial charge in [0.1, 0.15) is 0 Å². The van der Waals surface area contributed by atoms with Crippen LogP contribution < -0.4 is 0 Å². The third-order valence-corrected chi connectivity index (χ3v) is 1.65. The highest BCUT2D eigenvalue weighted by molar-refractivity contribution is 5.00. The van der Waals surface area contributed by atoms with Crippen molar-refractivity contribution in [3.63, 3.8) is 0 Å². The molecule has 0 aliphatic carbocycles. The summed E-state index contributed by atoms with van der Waals surface area (Å²) in [6, 6.07) is 0. The summed E-state index contributed by atoms with van der Waals surface area (Å²) in [7, 11) is 0. The summed E-state index contributed by atoms with van der Waals surface area (Å²) in [5.41, 5.74) is 1.18. The summed E-state index contributed by atoms with van der Waals surface area (Å²) in [6.45, 7) is 11.9. The zero-order valence-corrected chi connectivity index (χ0v) is 7.19. The lowest BCUT2D eigenvalue weighted by atomic mass is 10.0. The van der Waals surface area contributed by atoms with Gasteiger partial charge in [0.05, 0.1) is 0 Å². The first-order chi connectivity index (χ1) is 4.66. The number of allylic oxidation sites excluding steroid dienone is 2. The van der Waals surface area contributed by atoms with Crippen LogP contribution in [0.25, 0.3) is 0 Å². The van der Waals surface area contributed by atoms with Gasteiger partial charge < -0.3 is 0 Å². The van der Waals surface area contributed by atoms with E-state index in [2.05, 4.69) is 26.8 Å². The van der Waals surface area contributed by atoms with E-state index in [0.29, 0.717) is 0 Å². The molecule has 0 rings (SSSR count). The fourth-order valence-electron chi connectivity index (χ4n) is 0.759. The zero-order chi connectivity index (χ0) is 7.98. The Bertz CT molecular complexity index is 96.6. The molecule has 0 bridgehead atoms. The fraction of sp³-hybridized carbons (Fsp3) is 0.600. The average molecular weight is 138 g/mol. The van der Waals surface area contributed by atoms with Gasteiger partial charge in [0.2, 0.25) is 0 Å². The molecule has 0 heteroatoms. The minimum Gasteiger partial charge on any atom is -0.0856 e. The molecule has 0 amide bonds. The van der Waals surface area contributed by atoms with Crippen molar-refractivity contribution in [2.24, 2.45) is 5.92 Å². The Labute approximate surface area is 65.3 Å². The standard InChI is InChI=1S/C10H18/c1-5-10(4)8-6-7-9(2)3/h7,10H,1-2,5-6,8H2,3-4H3. The first-order valence-corrected chi connectivity index (χ1v) is 3.94. The second-order valence-corrected chi connectivity index (χ2v) is 3.02. The third kappa shape index (κ3) is 5.87. The van der Waals surface area contributed by atoms with Gasteiger partial charge in [-0.2, -0.15) is 0 Å². The van der Waals surface area contributed by atoms with Gasteiger partial charge in [-0.3, -0.25) is 0 Å². The largest absolute Gasteiger partial charge is 0.0856 e. The lowest BCUT2D eigenvalue weighted by Crippen LogP contribution is -1.89. The molecule has 58 valence electrons. The molecule has 0 aromatic carbocycles. The van der Waals surface area contributed by atoms with Gasteiger partial charge in [0, 0.05) is 0 Å². The van der Waals surface area contributed by atoms with Crippen LogP contribution in [0.1, 0.15) is 33.1 Å². The topological polar surface area (TPSA) is 0 Å². The molecular formula is C10H18. The van der Waals surface area contributed by atoms with Crippen molar-refractivity contribution in [2.75, 3.05) is 0 Å². The van der Waals surface area contributed by atoms with Gasteiger partial charge in [0.25, 0.3) is 0 Å². The molecule has 0 aromatic rings. The smallest absolute Gasteiger partial charge is 0.0286 e. The molecule has 0 saturated heterocycles. The van der Waals surface area contributed by atoms with Crippen LogP contribution in [0.4, 0.5) is 0 Å². The first-order valence-electron chi connectivity index (χ1n) is 3.94. The lowest BCUT2D eigenvalue weighted by Gasteiger charge is -2.04. The maximum atomic E-state index is 3.85. The minimum atomic E-state index is 0.760. The highest BCUT2D eigenvalue weighted by Gasteiger charge is 1.94. The van der Waals surface area contributed by atoms with E-state index in [1.807, 2.05) is 6.92 Å². The van der Waals surface area contributed by atoms with Crippen LogP contribution in [0, 0.1) is 19.8 Å². The van der Waals surface area contributed by atoms with Crippen molar-refractivity contribution in [2.45, 2.75) is 33.1 Å². The molecule has 1 unspecified atom stereocenters. The van der Waals surface area contributed by atoms with Crippen LogP contribution in [0.3, 0.4) is 0 Å². The Balaban J connectivity index is 3.28. The number of hydrogen-bond donors (Lipinski definition) is 0. The first kappa shape index (κ1) is 9.74. The summed E-state index contributed by atoms with van der Waals surface area (Å²) in [6.07, 6.45) is 5.64. The van der Waals surface area contributed by atoms with E-state index < -0.39 is 0 Å². The van der Waals surface area contributed by atoms with Crippen LogP contribution in [0.2, 0.25) is 0 Å². The molecule has 0 spiro atoms. The van der Waals surface area contributed by atoms with Gasteiger partial charge in [-0.25, -0.2) is 0 Å². The Kier molecular flexibility index (Phi) is 5.38. The zero-order valence-electron chi connectivity index (χ0n) is 7.19. The van der Waals surface area contributed by atoms with Crippen LogP contribution in [0.15, 0.2) is 11.6 Å². The molecule has 10 heavy (non-hydrogen) atoms. The van der Waals surface area contributed by atoms with E-state index in [1.165, 1.54) is 12.0 Å². The highest BCUT2D eigenvalue weighted by atomic mass is 14.0. The van der Waals surface area contributed by atoms with Gasteiger partial charge >= 0.3 is 0 Å². The molecule has 0 nitrogen and oxygen atoms in total. The van der Waals surface area contributed by atoms with Crippen LogP contribution in [-0.2, 0) is 0 Å². The molecular weight excluding hydrogens is 120 g/mol. The summed E-state index contributed by atoms with van der Waals surface area (Å²) in [4.78, 5) is 0. The van der Waals surface area contributed by atoms with Crippen molar-refractivity contribution < 1.29 is 0 Å². The van der Waals surface area contributed by atoms with Gasteiger partial charge in [0.15, 0.2) is 0 Å². The van der Waals surface area contributed by atoms with Crippen LogP contribution >= 0.6 is 0 Å². The summed E-state index contributed by atoms with van der Waals surface area (Å²) < 4.78 is 0. The van der Waals surface area contributed by atoms with Crippen molar-refractivity contribution in [3.8, 4) is 0 Å². The second-order valence-electron chi connectivity index (χ2n) is 3.02. The minimum absolute atomic E-state index is 0.760. The Morgan fingerprint density at radius 1 is 1.60 bits per heavy atom. The van der Waals surface area contributed by atoms with E-state index in [0.717, 1.165) is 18.8 Å². The summed E-state index contributed by atoms with van der Waals surface area (Å²) in [5, 5.41) is 0. The lowest BCUT2D eigenvalue weighted by molar-refractivity contribution is 0.544. The maximum absolute atomic E-state index is 3.85. The molecule has 0 saturated carbocycles. The summed E-state index contributed by atoms with van der Waals surface area (Å²) in [5.74, 6) is 0.760. The molecule has 0 fully saturated rings. The Morgan fingerprint density at radius 2 is 2.20 bits per heavy atom. The molecule has 1 atom stereocenters. The average Bonchev–Trinajstić information content (AvgIpc) is 1.87. The van der Waals surface area contributed by atoms with Crippen LogP contribution in [0.5, 0.6) is 0 Å². The number of rotatable bonds is 4. The van der Waals surface area contributed by atoms with Gasteiger partial charge in [-0.1, -0.05) is 31.9 Å². The van der Waals surface area contributed by atoms with Crippen LogP contribution in [-0.4, -0.2) is 0 Å². The van der Waals surface area contributed by atoms with E-state index >= 15 is 0 Å². The maximum Gasteiger partial charge on any atom is -0.0286 e. The van der Waals surface area contributed by atoms with Crippen molar-refractivity contribution in [1.82, 2.24) is 0 Å². The van der Waals surface area contributed by atoms with Crippen molar-refractivity contribution >= 4 is 0 Å². The monoisotopic (exact) mass is 138 g/mol. The molecule has 0 aliphatic rings. The second kappa shape index (κ2) is 5.52.